The van der Waals surface area contributed by atoms with Gasteiger partial charge in [0.15, 0.2) is 4.93 Å². The van der Waals surface area contributed by atoms with Crippen LogP contribution in [0.4, 0.5) is 0 Å². The van der Waals surface area contributed by atoms with E-state index in [-0.39, 0.29) is 12.8 Å². The van der Waals surface area contributed by atoms with Gasteiger partial charge in [0.2, 0.25) is 0 Å². The quantitative estimate of drug-likeness (QED) is 0.0492. The zero-order chi connectivity index (χ0) is 28.9. The van der Waals surface area contributed by atoms with E-state index in [1.807, 2.05) is 0 Å². The summed E-state index contributed by atoms with van der Waals surface area (Å²) in [5, 5.41) is 10.7. The van der Waals surface area contributed by atoms with E-state index in [1.165, 1.54) is 122 Å². The maximum atomic E-state index is 11.9. The largest absolute Gasteiger partial charge is 0.372 e. The van der Waals surface area contributed by atoms with Crippen molar-refractivity contribution in [2.24, 2.45) is 0 Å². The second kappa shape index (κ2) is 27.8. The van der Waals surface area contributed by atoms with Crippen molar-refractivity contribution in [3.05, 3.63) is 12.2 Å². The molecule has 1 atom stereocenters. The first-order chi connectivity index (χ1) is 18.9. The highest BCUT2D eigenvalue weighted by molar-refractivity contribution is 7.87. The van der Waals surface area contributed by atoms with Gasteiger partial charge in [0, 0.05) is 0 Å². The Hall–Kier alpha value is -0.390. The summed E-state index contributed by atoms with van der Waals surface area (Å²) in [6.07, 6.45) is 37.4. The van der Waals surface area contributed by atoms with Gasteiger partial charge in [-0.2, -0.15) is 8.42 Å². The van der Waals surface area contributed by atoms with Crippen molar-refractivity contribution in [3.63, 3.8) is 0 Å². The lowest BCUT2D eigenvalue weighted by atomic mass is 10.0. The SMILES string of the molecule is CCCCCCCC/C=C\CCCCCCCCC(O)(CCCCCCCCCCCCCCC)S(=O)(=O)O. The van der Waals surface area contributed by atoms with Gasteiger partial charge < -0.3 is 5.11 Å². The van der Waals surface area contributed by atoms with Crippen LogP contribution < -0.4 is 0 Å². The second-order valence-electron chi connectivity index (χ2n) is 12.1. The van der Waals surface area contributed by atoms with Gasteiger partial charge in [-0.1, -0.05) is 161 Å². The van der Waals surface area contributed by atoms with E-state index in [1.54, 1.807) is 0 Å². The third-order valence-electron chi connectivity index (χ3n) is 8.23. The van der Waals surface area contributed by atoms with E-state index in [4.69, 9.17) is 0 Å². The van der Waals surface area contributed by atoms with Crippen molar-refractivity contribution >= 4 is 10.1 Å². The third kappa shape index (κ3) is 25.1. The maximum absolute atomic E-state index is 11.9. The summed E-state index contributed by atoms with van der Waals surface area (Å²) in [6, 6.07) is 0. The number of unbranched alkanes of at least 4 members (excludes halogenated alkanes) is 24. The van der Waals surface area contributed by atoms with E-state index in [2.05, 4.69) is 26.0 Å². The summed E-state index contributed by atoms with van der Waals surface area (Å²) >= 11 is 0. The van der Waals surface area contributed by atoms with Crippen LogP contribution in [0, 0.1) is 0 Å². The molecule has 0 rings (SSSR count). The summed E-state index contributed by atoms with van der Waals surface area (Å²) in [5.74, 6) is 0. The molecule has 39 heavy (non-hydrogen) atoms. The Kier molecular flexibility index (Phi) is 27.5. The molecule has 1 unspecified atom stereocenters. The molecule has 0 aromatic rings. The van der Waals surface area contributed by atoms with Crippen molar-refractivity contribution in [1.82, 2.24) is 0 Å². The molecule has 0 aromatic heterocycles. The fraction of sp³-hybridized carbons (Fsp3) is 0.941. The lowest BCUT2D eigenvalue weighted by Crippen LogP contribution is -2.38. The second-order valence-corrected chi connectivity index (χ2v) is 13.8. The summed E-state index contributed by atoms with van der Waals surface area (Å²) < 4.78 is 33.5. The number of hydrogen-bond donors (Lipinski definition) is 2. The minimum Gasteiger partial charge on any atom is -0.372 e. The molecule has 0 saturated carbocycles. The first-order valence-corrected chi connectivity index (χ1v) is 18.7. The first-order valence-electron chi connectivity index (χ1n) is 17.2. The van der Waals surface area contributed by atoms with E-state index in [9.17, 15) is 18.1 Å². The zero-order valence-corrected chi connectivity index (χ0v) is 27.1. The molecule has 0 spiro atoms. The predicted molar refractivity (Wildman–Crippen MR) is 171 cm³/mol. The normalized spacial score (nSPS) is 13.8. The Labute approximate surface area is 245 Å². The Balaban J connectivity index is 3.73. The molecule has 0 aromatic carbocycles. The van der Waals surface area contributed by atoms with Crippen molar-refractivity contribution in [3.8, 4) is 0 Å². The highest BCUT2D eigenvalue weighted by Gasteiger charge is 2.39. The summed E-state index contributed by atoms with van der Waals surface area (Å²) in [7, 11) is -4.45. The van der Waals surface area contributed by atoms with Crippen LogP contribution in [0.15, 0.2) is 12.2 Å². The van der Waals surface area contributed by atoms with Crippen molar-refractivity contribution in [2.75, 3.05) is 0 Å². The average Bonchev–Trinajstić information content (AvgIpc) is 2.90. The third-order valence-corrected chi connectivity index (χ3v) is 9.60. The van der Waals surface area contributed by atoms with Crippen LogP contribution >= 0.6 is 0 Å². The van der Waals surface area contributed by atoms with Gasteiger partial charge in [0.1, 0.15) is 0 Å². The highest BCUT2D eigenvalue weighted by atomic mass is 32.2. The fourth-order valence-corrected chi connectivity index (χ4v) is 6.26. The Morgan fingerprint density at radius 1 is 0.462 bits per heavy atom. The fourth-order valence-electron chi connectivity index (χ4n) is 5.45. The van der Waals surface area contributed by atoms with Gasteiger partial charge in [-0.25, -0.2) is 0 Å². The molecule has 0 bridgehead atoms. The molecule has 0 radical (unpaired) electrons. The first kappa shape index (κ1) is 38.6. The summed E-state index contributed by atoms with van der Waals surface area (Å²) in [5.41, 5.74) is 0. The molecule has 0 aliphatic heterocycles. The molecule has 4 nitrogen and oxygen atoms in total. The Bertz CT molecular complexity index is 631. The van der Waals surface area contributed by atoms with Gasteiger partial charge in [-0.3, -0.25) is 4.55 Å². The average molecular weight is 573 g/mol. The van der Waals surface area contributed by atoms with Crippen LogP contribution in [0.5, 0.6) is 0 Å². The van der Waals surface area contributed by atoms with Crippen LogP contribution in [-0.4, -0.2) is 23.0 Å². The number of rotatable bonds is 31. The minimum atomic E-state index is -4.45. The summed E-state index contributed by atoms with van der Waals surface area (Å²) in [4.78, 5) is -1.97. The van der Waals surface area contributed by atoms with Gasteiger partial charge in [-0.05, 0) is 51.4 Å². The molecule has 0 fully saturated rings. The van der Waals surface area contributed by atoms with E-state index in [0.29, 0.717) is 12.8 Å². The molecule has 2 N–H and O–H groups in total. The summed E-state index contributed by atoms with van der Waals surface area (Å²) in [6.45, 7) is 4.51. The standard InChI is InChI=1S/C34H68O4S/c1-3-5-7-9-11-13-15-17-18-19-21-23-25-27-29-31-33-34(35,39(36,37)38)32-30-28-26-24-22-20-16-14-12-10-8-6-4-2/h17-18,35H,3-16,19-33H2,1-2H3,(H,36,37,38)/b18-17-. The smallest absolute Gasteiger partial charge is 0.294 e. The Morgan fingerprint density at radius 2 is 0.718 bits per heavy atom. The van der Waals surface area contributed by atoms with Gasteiger partial charge >= 0.3 is 0 Å². The molecule has 234 valence electrons. The van der Waals surface area contributed by atoms with Crippen molar-refractivity contribution in [1.29, 1.82) is 0 Å². The van der Waals surface area contributed by atoms with E-state index < -0.39 is 15.1 Å². The van der Waals surface area contributed by atoms with Crippen molar-refractivity contribution < 1.29 is 18.1 Å². The molecule has 0 amide bonds. The van der Waals surface area contributed by atoms with Crippen LogP contribution in [0.1, 0.15) is 200 Å². The number of aliphatic hydroxyl groups is 1. The Morgan fingerprint density at radius 3 is 1.00 bits per heavy atom. The number of allylic oxidation sites excluding steroid dienone is 2. The highest BCUT2D eigenvalue weighted by Crippen LogP contribution is 2.28. The van der Waals surface area contributed by atoms with E-state index in [0.717, 1.165) is 38.5 Å². The van der Waals surface area contributed by atoms with Crippen LogP contribution in [0.25, 0.3) is 0 Å². The zero-order valence-electron chi connectivity index (χ0n) is 26.3. The lowest BCUT2D eigenvalue weighted by molar-refractivity contribution is 0.0884. The van der Waals surface area contributed by atoms with Crippen LogP contribution in [-0.2, 0) is 10.1 Å². The molecule has 0 heterocycles. The maximum Gasteiger partial charge on any atom is 0.294 e. The topological polar surface area (TPSA) is 74.6 Å². The molecular weight excluding hydrogens is 504 g/mol. The molecule has 0 saturated heterocycles. The van der Waals surface area contributed by atoms with E-state index >= 15 is 0 Å². The van der Waals surface area contributed by atoms with Crippen molar-refractivity contribution in [2.45, 2.75) is 205 Å². The van der Waals surface area contributed by atoms with Gasteiger partial charge in [-0.15, -0.1) is 0 Å². The van der Waals surface area contributed by atoms with Gasteiger partial charge in [0.05, 0.1) is 0 Å². The molecule has 0 aliphatic carbocycles. The number of hydrogen-bond acceptors (Lipinski definition) is 3. The predicted octanol–water partition coefficient (Wildman–Crippen LogP) is 11.5. The van der Waals surface area contributed by atoms with Crippen LogP contribution in [0.2, 0.25) is 0 Å². The monoisotopic (exact) mass is 572 g/mol. The van der Waals surface area contributed by atoms with Crippen LogP contribution in [0.3, 0.4) is 0 Å². The molecular formula is C34H68O4S. The lowest BCUT2D eigenvalue weighted by Gasteiger charge is -2.24. The molecule has 0 aliphatic rings. The van der Waals surface area contributed by atoms with Gasteiger partial charge in [0.25, 0.3) is 10.1 Å². The molecule has 5 heteroatoms. The minimum absolute atomic E-state index is 0.144.